The van der Waals surface area contributed by atoms with Crippen molar-refractivity contribution in [2.75, 3.05) is 5.32 Å². The number of hydrogen-bond acceptors (Lipinski definition) is 4. The van der Waals surface area contributed by atoms with Crippen LogP contribution in [0.15, 0.2) is 35.1 Å². The molecule has 0 radical (unpaired) electrons. The number of nitrogens with one attached hydrogen (secondary N) is 1. The van der Waals surface area contributed by atoms with Crippen molar-refractivity contribution in [2.24, 2.45) is 0 Å². The SMILES string of the molecule is Cc1cc(C(=O)O)c(=O)n(CC(=O)Nc2ccccc2Cl)n1. The fraction of sp³-hybridized carbons (Fsp3) is 0.143. The lowest BCUT2D eigenvalue weighted by Crippen LogP contribution is -2.33. The van der Waals surface area contributed by atoms with Crippen LogP contribution < -0.4 is 10.9 Å². The van der Waals surface area contributed by atoms with Crippen LogP contribution in [0, 0.1) is 6.92 Å². The van der Waals surface area contributed by atoms with Gasteiger partial charge in [-0.1, -0.05) is 23.7 Å². The summed E-state index contributed by atoms with van der Waals surface area (Å²) >= 11 is 5.92. The number of nitrogens with zero attached hydrogens (tertiary/aromatic N) is 2. The van der Waals surface area contributed by atoms with E-state index in [1.54, 1.807) is 24.3 Å². The molecule has 0 aliphatic rings. The molecule has 0 spiro atoms. The minimum Gasteiger partial charge on any atom is -0.477 e. The highest BCUT2D eigenvalue weighted by Crippen LogP contribution is 2.20. The van der Waals surface area contributed by atoms with Crippen LogP contribution in [-0.4, -0.2) is 26.8 Å². The molecule has 1 heterocycles. The summed E-state index contributed by atoms with van der Waals surface area (Å²) in [7, 11) is 0. The van der Waals surface area contributed by atoms with Gasteiger partial charge in [-0.05, 0) is 25.1 Å². The average Bonchev–Trinajstić information content (AvgIpc) is 2.44. The first-order valence-corrected chi connectivity index (χ1v) is 6.62. The average molecular weight is 322 g/mol. The van der Waals surface area contributed by atoms with Gasteiger partial charge in [0.2, 0.25) is 5.91 Å². The molecule has 2 aromatic rings. The summed E-state index contributed by atoms with van der Waals surface area (Å²) in [5.74, 6) is -1.90. The molecule has 0 bridgehead atoms. The van der Waals surface area contributed by atoms with E-state index in [9.17, 15) is 14.4 Å². The molecule has 7 nitrogen and oxygen atoms in total. The third kappa shape index (κ3) is 3.50. The van der Waals surface area contributed by atoms with Crippen LogP contribution in [0.3, 0.4) is 0 Å². The number of anilines is 1. The maximum atomic E-state index is 12.0. The van der Waals surface area contributed by atoms with E-state index < -0.39 is 29.5 Å². The number of benzene rings is 1. The van der Waals surface area contributed by atoms with Crippen LogP contribution in [-0.2, 0) is 11.3 Å². The molecule has 2 rings (SSSR count). The molecule has 114 valence electrons. The van der Waals surface area contributed by atoms with Crippen LogP contribution in [0.25, 0.3) is 0 Å². The van der Waals surface area contributed by atoms with E-state index in [0.717, 1.165) is 10.7 Å². The third-order valence-corrected chi connectivity index (χ3v) is 3.10. The lowest BCUT2D eigenvalue weighted by atomic mass is 10.2. The Hall–Kier alpha value is -2.67. The Bertz CT molecular complexity index is 801. The molecule has 0 aliphatic carbocycles. The number of aromatic carboxylic acids is 1. The van der Waals surface area contributed by atoms with Crippen molar-refractivity contribution in [3.8, 4) is 0 Å². The lowest BCUT2D eigenvalue weighted by Gasteiger charge is -2.09. The van der Waals surface area contributed by atoms with E-state index in [0.29, 0.717) is 16.4 Å². The summed E-state index contributed by atoms with van der Waals surface area (Å²) in [4.78, 5) is 34.9. The van der Waals surface area contributed by atoms with Crippen molar-refractivity contribution in [3.05, 3.63) is 57.0 Å². The molecule has 1 amide bonds. The maximum absolute atomic E-state index is 12.0. The highest BCUT2D eigenvalue weighted by molar-refractivity contribution is 6.33. The van der Waals surface area contributed by atoms with Gasteiger partial charge in [0.1, 0.15) is 12.1 Å². The van der Waals surface area contributed by atoms with Gasteiger partial charge in [0.15, 0.2) is 0 Å². The normalized spacial score (nSPS) is 10.3. The van der Waals surface area contributed by atoms with E-state index in [1.165, 1.54) is 6.92 Å². The van der Waals surface area contributed by atoms with E-state index in [2.05, 4.69) is 10.4 Å². The highest BCUT2D eigenvalue weighted by atomic mass is 35.5. The number of carboxylic acid groups (broad SMARTS) is 1. The first-order chi connectivity index (χ1) is 10.4. The second kappa shape index (κ2) is 6.40. The first-order valence-electron chi connectivity index (χ1n) is 6.25. The molecule has 0 fully saturated rings. The molecule has 1 aromatic carbocycles. The molecule has 1 aromatic heterocycles. The van der Waals surface area contributed by atoms with Crippen molar-refractivity contribution in [1.82, 2.24) is 9.78 Å². The Morgan fingerprint density at radius 2 is 2.05 bits per heavy atom. The summed E-state index contributed by atoms with van der Waals surface area (Å²) in [6, 6.07) is 7.78. The Kier molecular flexibility index (Phi) is 4.57. The minimum atomic E-state index is -1.37. The topological polar surface area (TPSA) is 101 Å². The van der Waals surface area contributed by atoms with E-state index >= 15 is 0 Å². The third-order valence-electron chi connectivity index (χ3n) is 2.77. The number of hydrogen-bond donors (Lipinski definition) is 2. The van der Waals surface area contributed by atoms with Gasteiger partial charge in [0.25, 0.3) is 5.56 Å². The zero-order valence-electron chi connectivity index (χ0n) is 11.5. The monoisotopic (exact) mass is 321 g/mol. The van der Waals surface area contributed by atoms with Crippen LogP contribution in [0.4, 0.5) is 5.69 Å². The second-order valence-electron chi connectivity index (χ2n) is 4.50. The molecular weight excluding hydrogens is 310 g/mol. The number of amides is 1. The molecule has 0 atom stereocenters. The Labute approximate surface area is 130 Å². The second-order valence-corrected chi connectivity index (χ2v) is 4.90. The molecule has 8 heteroatoms. The number of carboxylic acids is 1. The van der Waals surface area contributed by atoms with Gasteiger partial charge in [0, 0.05) is 0 Å². The fourth-order valence-electron chi connectivity index (χ4n) is 1.82. The van der Waals surface area contributed by atoms with Crippen LogP contribution >= 0.6 is 11.6 Å². The predicted octanol–water partition coefficient (Wildman–Crippen LogP) is 1.54. The van der Waals surface area contributed by atoms with Crippen molar-refractivity contribution in [2.45, 2.75) is 13.5 Å². The predicted molar refractivity (Wildman–Crippen MR) is 80.3 cm³/mol. The summed E-state index contributed by atoms with van der Waals surface area (Å²) in [5.41, 5.74) is -0.554. The quantitative estimate of drug-likeness (QED) is 0.889. The first kappa shape index (κ1) is 15.7. The Morgan fingerprint density at radius 3 is 2.68 bits per heavy atom. The van der Waals surface area contributed by atoms with Gasteiger partial charge in [-0.2, -0.15) is 5.10 Å². The van der Waals surface area contributed by atoms with Crippen LogP contribution in [0.5, 0.6) is 0 Å². The number of carbonyl (C=O) groups excluding carboxylic acids is 1. The molecule has 22 heavy (non-hydrogen) atoms. The molecular formula is C14H12ClN3O4. The van der Waals surface area contributed by atoms with Crippen molar-refractivity contribution in [1.29, 1.82) is 0 Å². The zero-order valence-corrected chi connectivity index (χ0v) is 12.3. The Morgan fingerprint density at radius 1 is 1.36 bits per heavy atom. The van der Waals surface area contributed by atoms with Crippen LogP contribution in [0.2, 0.25) is 5.02 Å². The Balaban J connectivity index is 2.24. The lowest BCUT2D eigenvalue weighted by molar-refractivity contribution is -0.117. The molecule has 2 N–H and O–H groups in total. The molecule has 0 saturated carbocycles. The van der Waals surface area contributed by atoms with Gasteiger partial charge >= 0.3 is 5.97 Å². The van der Waals surface area contributed by atoms with Crippen molar-refractivity contribution in [3.63, 3.8) is 0 Å². The fourth-order valence-corrected chi connectivity index (χ4v) is 2.01. The summed E-state index contributed by atoms with van der Waals surface area (Å²) in [5, 5.41) is 15.7. The van der Waals surface area contributed by atoms with E-state index in [-0.39, 0.29) is 0 Å². The van der Waals surface area contributed by atoms with Gasteiger partial charge < -0.3 is 10.4 Å². The van der Waals surface area contributed by atoms with E-state index in [4.69, 9.17) is 16.7 Å². The van der Waals surface area contributed by atoms with Crippen molar-refractivity contribution < 1.29 is 14.7 Å². The minimum absolute atomic E-state index is 0.322. The number of carbonyl (C=O) groups is 2. The van der Waals surface area contributed by atoms with Gasteiger partial charge in [0.05, 0.1) is 16.4 Å². The number of rotatable bonds is 4. The standard InChI is InChI=1S/C14H12ClN3O4/c1-8-6-9(14(21)22)13(20)18(17-8)7-12(19)16-11-5-3-2-4-10(11)15/h2-6H,7H2,1H3,(H,16,19)(H,21,22). The van der Waals surface area contributed by atoms with Gasteiger partial charge in [-0.3, -0.25) is 9.59 Å². The number of aromatic nitrogens is 2. The number of para-hydroxylation sites is 1. The highest BCUT2D eigenvalue weighted by Gasteiger charge is 2.15. The summed E-state index contributed by atoms with van der Waals surface area (Å²) in [6.07, 6.45) is 0. The zero-order chi connectivity index (χ0) is 16.3. The summed E-state index contributed by atoms with van der Waals surface area (Å²) in [6.45, 7) is 1.13. The maximum Gasteiger partial charge on any atom is 0.341 e. The number of aryl methyl sites for hydroxylation is 1. The molecule has 0 aliphatic heterocycles. The smallest absolute Gasteiger partial charge is 0.341 e. The largest absolute Gasteiger partial charge is 0.477 e. The van der Waals surface area contributed by atoms with Crippen molar-refractivity contribution >= 4 is 29.2 Å². The number of halogens is 1. The molecule has 0 unspecified atom stereocenters. The summed E-state index contributed by atoms with van der Waals surface area (Å²) < 4.78 is 0.810. The van der Waals surface area contributed by atoms with Gasteiger partial charge in [-0.15, -0.1) is 0 Å². The molecule has 0 saturated heterocycles. The van der Waals surface area contributed by atoms with Crippen LogP contribution in [0.1, 0.15) is 16.1 Å². The van der Waals surface area contributed by atoms with Gasteiger partial charge in [-0.25, -0.2) is 9.48 Å². The van der Waals surface area contributed by atoms with E-state index in [1.807, 2.05) is 0 Å².